The second kappa shape index (κ2) is 6.85. The van der Waals surface area contributed by atoms with Gasteiger partial charge in [-0.2, -0.15) is 0 Å². The molecule has 0 radical (unpaired) electrons. The molecule has 1 aliphatic heterocycles. The van der Waals surface area contributed by atoms with Crippen LogP contribution in [-0.2, 0) is 4.74 Å². The second-order valence-electron chi connectivity index (χ2n) is 6.44. The van der Waals surface area contributed by atoms with Gasteiger partial charge in [0.05, 0.1) is 0 Å². The van der Waals surface area contributed by atoms with Gasteiger partial charge in [0.1, 0.15) is 11.7 Å². The first-order valence-corrected chi connectivity index (χ1v) is 7.59. The fraction of sp³-hybridized carbons (Fsp3) is 0.562. The lowest BCUT2D eigenvalue weighted by molar-refractivity contribution is 0.0125. The molecule has 0 aromatic carbocycles. The third kappa shape index (κ3) is 4.84. The molecule has 0 saturated carbocycles. The number of nitrogens with zero attached hydrogens (tertiary/aromatic N) is 2. The minimum atomic E-state index is -1.12. The van der Waals surface area contributed by atoms with Crippen molar-refractivity contribution in [1.82, 2.24) is 9.88 Å². The Bertz CT molecular complexity index is 574. The molecule has 0 unspecified atom stereocenters. The highest BCUT2D eigenvalue weighted by Gasteiger charge is 2.28. The zero-order chi connectivity index (χ0) is 17.0. The largest absolute Gasteiger partial charge is 0.488 e. The van der Waals surface area contributed by atoms with Crippen molar-refractivity contribution in [3.05, 3.63) is 24.0 Å². The third-order valence-corrected chi connectivity index (χ3v) is 3.36. The monoisotopic (exact) mass is 322 g/mol. The van der Waals surface area contributed by atoms with E-state index in [0.717, 1.165) is 0 Å². The number of carboxylic acid groups (broad SMARTS) is 1. The first-order valence-electron chi connectivity index (χ1n) is 7.59. The summed E-state index contributed by atoms with van der Waals surface area (Å²) in [4.78, 5) is 28.6. The van der Waals surface area contributed by atoms with Crippen LogP contribution in [0.15, 0.2) is 18.3 Å². The maximum atomic E-state index is 12.0. The average Bonchev–Trinajstić information content (AvgIpc) is 2.46. The summed E-state index contributed by atoms with van der Waals surface area (Å²) >= 11 is 0. The summed E-state index contributed by atoms with van der Waals surface area (Å²) in [6.45, 7) is 6.52. The van der Waals surface area contributed by atoms with Crippen molar-refractivity contribution in [2.75, 3.05) is 13.1 Å². The fourth-order valence-corrected chi connectivity index (χ4v) is 2.31. The van der Waals surface area contributed by atoms with E-state index in [2.05, 4.69) is 4.98 Å². The van der Waals surface area contributed by atoms with E-state index in [0.29, 0.717) is 25.9 Å². The van der Waals surface area contributed by atoms with Crippen molar-refractivity contribution in [2.45, 2.75) is 45.3 Å². The Morgan fingerprint density at radius 2 is 1.96 bits per heavy atom. The molecule has 1 aromatic rings. The molecule has 1 N–H and O–H groups in total. The molecule has 7 nitrogen and oxygen atoms in total. The Morgan fingerprint density at radius 3 is 2.52 bits per heavy atom. The van der Waals surface area contributed by atoms with E-state index >= 15 is 0 Å². The summed E-state index contributed by atoms with van der Waals surface area (Å²) in [5.41, 5.74) is -0.613. The van der Waals surface area contributed by atoms with Gasteiger partial charge >= 0.3 is 12.1 Å². The lowest BCUT2D eigenvalue weighted by Gasteiger charge is -2.33. The lowest BCUT2D eigenvalue weighted by Crippen LogP contribution is -2.44. The average molecular weight is 322 g/mol. The van der Waals surface area contributed by atoms with E-state index in [1.165, 1.54) is 6.20 Å². The normalized spacial score (nSPS) is 16.0. The molecule has 1 amide bonds. The molecule has 0 bridgehead atoms. The van der Waals surface area contributed by atoms with Gasteiger partial charge < -0.3 is 19.5 Å². The molecule has 0 spiro atoms. The van der Waals surface area contributed by atoms with E-state index in [4.69, 9.17) is 14.6 Å². The Hall–Kier alpha value is -2.31. The molecule has 1 fully saturated rings. The van der Waals surface area contributed by atoms with E-state index in [-0.39, 0.29) is 23.6 Å². The molecule has 0 atom stereocenters. The molecule has 1 aromatic heterocycles. The topological polar surface area (TPSA) is 89.0 Å². The quantitative estimate of drug-likeness (QED) is 0.920. The van der Waals surface area contributed by atoms with Gasteiger partial charge in [-0.3, -0.25) is 0 Å². The predicted molar refractivity (Wildman–Crippen MR) is 82.7 cm³/mol. The van der Waals surface area contributed by atoms with Crippen LogP contribution < -0.4 is 4.74 Å². The van der Waals surface area contributed by atoms with Crippen LogP contribution in [0, 0.1) is 0 Å². The summed E-state index contributed by atoms with van der Waals surface area (Å²) in [7, 11) is 0. The summed E-state index contributed by atoms with van der Waals surface area (Å²) in [5, 5.41) is 9.11. The van der Waals surface area contributed by atoms with Crippen molar-refractivity contribution in [2.24, 2.45) is 0 Å². The molecular weight excluding hydrogens is 300 g/mol. The number of rotatable bonds is 3. The summed E-state index contributed by atoms with van der Waals surface area (Å²) in [6.07, 6.45) is 2.18. The minimum absolute atomic E-state index is 0.0953. The number of hydrogen-bond donors (Lipinski definition) is 1. The van der Waals surface area contributed by atoms with Crippen LogP contribution in [0.4, 0.5) is 4.79 Å². The molecule has 2 heterocycles. The van der Waals surface area contributed by atoms with Crippen LogP contribution in [0.5, 0.6) is 5.75 Å². The van der Waals surface area contributed by atoms with E-state index in [9.17, 15) is 9.59 Å². The SMILES string of the molecule is CC(C)(C)OC(=O)N1CCC(Oc2cccnc2C(=O)O)CC1. The highest BCUT2D eigenvalue weighted by molar-refractivity contribution is 5.88. The fourth-order valence-electron chi connectivity index (χ4n) is 2.31. The first kappa shape index (κ1) is 17.1. The van der Waals surface area contributed by atoms with Crippen LogP contribution in [0.25, 0.3) is 0 Å². The van der Waals surface area contributed by atoms with Crippen molar-refractivity contribution >= 4 is 12.1 Å². The maximum Gasteiger partial charge on any atom is 0.410 e. The van der Waals surface area contributed by atoms with Gasteiger partial charge in [-0.25, -0.2) is 14.6 Å². The van der Waals surface area contributed by atoms with Crippen LogP contribution >= 0.6 is 0 Å². The molecule has 2 rings (SSSR count). The van der Waals surface area contributed by atoms with Gasteiger partial charge in [-0.05, 0) is 32.9 Å². The zero-order valence-corrected chi connectivity index (χ0v) is 13.6. The number of carbonyl (C=O) groups excluding carboxylic acids is 1. The Morgan fingerprint density at radius 1 is 1.30 bits per heavy atom. The number of carboxylic acids is 1. The number of carbonyl (C=O) groups is 2. The highest BCUT2D eigenvalue weighted by Crippen LogP contribution is 2.22. The third-order valence-electron chi connectivity index (χ3n) is 3.36. The van der Waals surface area contributed by atoms with Gasteiger partial charge in [-0.1, -0.05) is 0 Å². The number of amides is 1. The Kier molecular flexibility index (Phi) is 5.08. The van der Waals surface area contributed by atoms with Crippen LogP contribution in [0.2, 0.25) is 0 Å². The summed E-state index contributed by atoms with van der Waals surface area (Å²) in [6, 6.07) is 3.23. The van der Waals surface area contributed by atoms with E-state index < -0.39 is 11.6 Å². The predicted octanol–water partition coefficient (Wildman–Crippen LogP) is 2.56. The molecular formula is C16H22N2O5. The van der Waals surface area contributed by atoms with E-state index in [1.807, 2.05) is 20.8 Å². The summed E-state index contributed by atoms with van der Waals surface area (Å²) < 4.78 is 11.1. The van der Waals surface area contributed by atoms with Gasteiger partial charge in [0.15, 0.2) is 11.4 Å². The summed E-state index contributed by atoms with van der Waals surface area (Å²) in [5.74, 6) is -0.859. The number of ether oxygens (including phenoxy) is 2. The standard InChI is InChI=1S/C16H22N2O5/c1-16(2,3)23-15(21)18-9-6-11(7-10-18)22-12-5-4-8-17-13(12)14(19)20/h4-5,8,11H,6-7,9-10H2,1-3H3,(H,19,20). The molecule has 1 aliphatic rings. The molecule has 23 heavy (non-hydrogen) atoms. The number of piperidine rings is 1. The Labute approximate surface area is 135 Å². The number of likely N-dealkylation sites (tertiary alicyclic amines) is 1. The first-order chi connectivity index (χ1) is 10.8. The smallest absolute Gasteiger partial charge is 0.410 e. The molecule has 7 heteroatoms. The minimum Gasteiger partial charge on any atom is -0.488 e. The van der Waals surface area contributed by atoms with Crippen molar-refractivity contribution in [3.8, 4) is 5.75 Å². The lowest BCUT2D eigenvalue weighted by atomic mass is 10.1. The van der Waals surface area contributed by atoms with Gasteiger partial charge in [-0.15, -0.1) is 0 Å². The van der Waals surface area contributed by atoms with Crippen LogP contribution in [-0.4, -0.2) is 51.8 Å². The number of aromatic nitrogens is 1. The van der Waals surface area contributed by atoms with Crippen molar-refractivity contribution in [1.29, 1.82) is 0 Å². The van der Waals surface area contributed by atoms with Crippen molar-refractivity contribution < 1.29 is 24.2 Å². The highest BCUT2D eigenvalue weighted by atomic mass is 16.6. The van der Waals surface area contributed by atoms with E-state index in [1.54, 1.807) is 17.0 Å². The van der Waals surface area contributed by atoms with Crippen LogP contribution in [0.1, 0.15) is 44.1 Å². The zero-order valence-electron chi connectivity index (χ0n) is 13.6. The van der Waals surface area contributed by atoms with Gasteiger partial charge in [0.2, 0.25) is 0 Å². The molecule has 1 saturated heterocycles. The number of aromatic carboxylic acids is 1. The Balaban J connectivity index is 1.91. The van der Waals surface area contributed by atoms with Crippen molar-refractivity contribution in [3.63, 3.8) is 0 Å². The molecule has 126 valence electrons. The molecule has 0 aliphatic carbocycles. The number of hydrogen-bond acceptors (Lipinski definition) is 5. The maximum absolute atomic E-state index is 12.0. The van der Waals surface area contributed by atoms with Gasteiger partial charge in [0, 0.05) is 32.1 Å². The van der Waals surface area contributed by atoms with Crippen LogP contribution in [0.3, 0.4) is 0 Å². The van der Waals surface area contributed by atoms with Gasteiger partial charge in [0.25, 0.3) is 0 Å². The number of pyridine rings is 1. The second-order valence-corrected chi connectivity index (χ2v) is 6.44.